The van der Waals surface area contributed by atoms with Crippen LogP contribution in [0.3, 0.4) is 0 Å². The topological polar surface area (TPSA) is 168 Å². The molecular formula is C41H37ClN6O6. The maximum Gasteiger partial charge on any atom is 0.249 e. The number of amides is 1. The first kappa shape index (κ1) is 33.2. The van der Waals surface area contributed by atoms with Crippen LogP contribution in [-0.2, 0) is 21.4 Å². The van der Waals surface area contributed by atoms with E-state index in [9.17, 15) is 14.7 Å². The Balaban J connectivity index is 0.00000361. The smallest absolute Gasteiger partial charge is 0.249 e. The summed E-state index contributed by atoms with van der Waals surface area (Å²) in [6.07, 6.45) is 3.15. The number of aromatic nitrogens is 3. The molecule has 54 heavy (non-hydrogen) atoms. The third-order valence-electron chi connectivity index (χ3n) is 11.9. The van der Waals surface area contributed by atoms with Crippen molar-refractivity contribution in [3.8, 4) is 39.8 Å². The molecule has 0 radical (unpaired) electrons. The summed E-state index contributed by atoms with van der Waals surface area (Å²) >= 11 is 0. The van der Waals surface area contributed by atoms with E-state index in [1.165, 1.54) is 0 Å². The summed E-state index contributed by atoms with van der Waals surface area (Å²) in [6, 6.07) is 17.4. The minimum Gasteiger partial charge on any atom is -0.469 e. The number of ether oxygens (including phenoxy) is 1. The number of ketones is 1. The van der Waals surface area contributed by atoms with Gasteiger partial charge in [-0.3, -0.25) is 9.59 Å². The summed E-state index contributed by atoms with van der Waals surface area (Å²) in [6.45, 7) is 4.36. The number of aliphatic hydroxyl groups is 1. The van der Waals surface area contributed by atoms with Crippen molar-refractivity contribution < 1.29 is 28.3 Å². The van der Waals surface area contributed by atoms with E-state index in [2.05, 4.69) is 57.3 Å². The number of hydrogen-bond acceptors (Lipinski definition) is 10. The quantitative estimate of drug-likeness (QED) is 0.144. The molecule has 1 saturated heterocycles. The molecule has 5 N–H and O–H groups in total. The Kier molecular flexibility index (Phi) is 7.24. The number of carbonyl (C=O) groups excluding carboxylic acids is 2. The lowest BCUT2D eigenvalue weighted by atomic mass is 9.72. The number of hydrogen-bond donors (Lipinski definition) is 5. The number of anilines is 1. The molecule has 1 spiro atoms. The predicted octanol–water partition coefficient (Wildman–Crippen LogP) is 6.03. The number of Topliss-reactive ketones (excluding diaryl/α,β-unsaturated/α-hetero) is 1. The Morgan fingerprint density at radius 3 is 2.72 bits per heavy atom. The van der Waals surface area contributed by atoms with Crippen LogP contribution >= 0.6 is 12.4 Å². The summed E-state index contributed by atoms with van der Waals surface area (Å²) in [5.41, 5.74) is 6.90. The molecule has 10 bridgehead atoms. The van der Waals surface area contributed by atoms with Crippen LogP contribution in [0.5, 0.6) is 5.75 Å². The van der Waals surface area contributed by atoms with Gasteiger partial charge < -0.3 is 39.6 Å². The second kappa shape index (κ2) is 11.8. The molecule has 3 aromatic carbocycles. The molecule has 11 rings (SSSR count). The highest BCUT2D eigenvalue weighted by molar-refractivity contribution is 6.07. The van der Waals surface area contributed by atoms with Crippen LogP contribution < -0.4 is 20.7 Å². The molecule has 5 aliphatic rings. The number of nitrogens with zero attached hydrogens (tertiary/aromatic N) is 2. The number of fused-ring (bicyclic) bond motifs is 7. The molecule has 6 atom stereocenters. The fourth-order valence-electron chi connectivity index (χ4n) is 9.32. The summed E-state index contributed by atoms with van der Waals surface area (Å²) < 4.78 is 20.5. The van der Waals surface area contributed by atoms with Crippen molar-refractivity contribution in [1.82, 2.24) is 25.6 Å². The number of β-amino-alcohol motifs (C(OH)–C–C–N with tert-alkyl or cyclic N) is 1. The SMILES string of the molecule is CC(C)C1NC(=O)[C@@H](CC(=O)[C@@H]2C[C@@H](O)CN2)Cc2ccc3c(c2)C24c5cccc(c5N[C@H]2O3)-c2cccc3[nH]cc(c23)-c2cnc(o2)-c2nc1oc24.Cl. The average Bonchev–Trinajstić information content (AvgIpc) is 3.99. The monoisotopic (exact) mass is 744 g/mol. The van der Waals surface area contributed by atoms with Crippen LogP contribution in [0.15, 0.2) is 75.8 Å². The van der Waals surface area contributed by atoms with E-state index in [0.29, 0.717) is 48.2 Å². The van der Waals surface area contributed by atoms with Crippen molar-refractivity contribution in [1.29, 1.82) is 0 Å². The fraction of sp³-hybridized carbons (Fsp3) is 0.317. The lowest BCUT2D eigenvalue weighted by Crippen LogP contribution is -2.41. The van der Waals surface area contributed by atoms with Gasteiger partial charge in [-0.05, 0) is 42.0 Å². The Labute approximate surface area is 315 Å². The summed E-state index contributed by atoms with van der Waals surface area (Å²) in [7, 11) is 0. The van der Waals surface area contributed by atoms with Crippen molar-refractivity contribution in [2.75, 3.05) is 11.9 Å². The van der Waals surface area contributed by atoms with E-state index in [-0.39, 0.29) is 42.3 Å². The summed E-state index contributed by atoms with van der Waals surface area (Å²) in [5, 5.41) is 21.3. The number of oxazole rings is 2. The van der Waals surface area contributed by atoms with Crippen LogP contribution in [0.2, 0.25) is 0 Å². The minimum atomic E-state index is -1.03. The van der Waals surface area contributed by atoms with Gasteiger partial charge in [0, 0.05) is 63.9 Å². The zero-order valence-corrected chi connectivity index (χ0v) is 30.3. The second-order valence-electron chi connectivity index (χ2n) is 15.4. The summed E-state index contributed by atoms with van der Waals surface area (Å²) in [4.78, 5) is 41.3. The van der Waals surface area contributed by atoms with E-state index < -0.39 is 35.7 Å². The van der Waals surface area contributed by atoms with Gasteiger partial charge in [0.15, 0.2) is 29.2 Å². The van der Waals surface area contributed by atoms with Crippen LogP contribution in [0.1, 0.15) is 61.1 Å². The third kappa shape index (κ3) is 4.50. The first-order valence-electron chi connectivity index (χ1n) is 18.3. The standard InChI is InChI=1S/C41H36N6O6.ClH/c1-18(2)33-39-46-35-36(53-39)41-25-7-3-6-23(22-5-4-8-27-32(22)24(16-43-27)31-17-44-38(35)51-31)34(25)47-40(41)52-30-10-9-19(12-26(30)41)11-20(37(50)45-33)13-29(49)28-14-21(48)15-42-28;/h3-10,12,16-18,20-21,28,33,40,42-43,47-48H,11,13-15H2,1-2H3,(H,45,50);1H/t20-,21-,28+,33?,40+,41?;/m1./s1. The van der Waals surface area contributed by atoms with E-state index in [1.54, 1.807) is 6.20 Å². The molecule has 2 unspecified atom stereocenters. The molecular weight excluding hydrogens is 708 g/mol. The van der Waals surface area contributed by atoms with Gasteiger partial charge in [0.2, 0.25) is 17.7 Å². The predicted molar refractivity (Wildman–Crippen MR) is 201 cm³/mol. The molecule has 3 aromatic heterocycles. The van der Waals surface area contributed by atoms with Gasteiger partial charge in [-0.2, -0.15) is 0 Å². The number of benzene rings is 3. The van der Waals surface area contributed by atoms with Crippen LogP contribution in [0.25, 0.3) is 44.9 Å². The van der Waals surface area contributed by atoms with E-state index in [1.807, 2.05) is 38.2 Å². The van der Waals surface area contributed by atoms with Crippen LogP contribution in [0.4, 0.5) is 5.69 Å². The highest BCUT2D eigenvalue weighted by Gasteiger charge is 2.61. The van der Waals surface area contributed by atoms with Crippen LogP contribution in [-0.4, -0.2) is 56.7 Å². The number of aliphatic hydroxyl groups excluding tert-OH is 1. The normalized spacial score (nSPS) is 25.6. The number of carbonyl (C=O) groups is 2. The Bertz CT molecular complexity index is 2540. The molecule has 1 amide bonds. The van der Waals surface area contributed by atoms with Crippen molar-refractivity contribution >= 4 is 40.7 Å². The zero-order valence-electron chi connectivity index (χ0n) is 29.4. The van der Waals surface area contributed by atoms with Crippen molar-refractivity contribution in [2.45, 2.75) is 62.9 Å². The van der Waals surface area contributed by atoms with Gasteiger partial charge in [-0.15, -0.1) is 12.4 Å². The van der Waals surface area contributed by atoms with Gasteiger partial charge in [-0.25, -0.2) is 9.97 Å². The number of para-hydroxylation sites is 1. The Hall–Kier alpha value is -5.43. The first-order valence-corrected chi connectivity index (χ1v) is 18.3. The highest BCUT2D eigenvalue weighted by atomic mass is 35.5. The summed E-state index contributed by atoms with van der Waals surface area (Å²) in [5.74, 6) is 1.21. The number of rotatable bonds is 4. The molecule has 12 nitrogen and oxygen atoms in total. The lowest BCUT2D eigenvalue weighted by Gasteiger charge is -2.28. The molecule has 274 valence electrons. The minimum absolute atomic E-state index is 0. The Morgan fingerprint density at radius 1 is 1.04 bits per heavy atom. The molecule has 1 fully saturated rings. The van der Waals surface area contributed by atoms with Crippen LogP contribution in [0, 0.1) is 11.8 Å². The van der Waals surface area contributed by atoms with Gasteiger partial charge >= 0.3 is 0 Å². The van der Waals surface area contributed by atoms with Gasteiger partial charge in [0.25, 0.3) is 0 Å². The third-order valence-corrected chi connectivity index (χ3v) is 11.9. The first-order chi connectivity index (χ1) is 25.8. The number of H-pyrrole nitrogens is 1. The maximum absolute atomic E-state index is 14.3. The maximum atomic E-state index is 14.3. The van der Waals surface area contributed by atoms with E-state index in [4.69, 9.17) is 23.5 Å². The fourth-order valence-corrected chi connectivity index (χ4v) is 9.32. The molecule has 5 aliphatic heterocycles. The molecule has 13 heteroatoms. The molecule has 0 aliphatic carbocycles. The van der Waals surface area contributed by atoms with Crippen molar-refractivity contribution in [3.63, 3.8) is 0 Å². The lowest BCUT2D eigenvalue weighted by molar-refractivity contribution is -0.131. The largest absolute Gasteiger partial charge is 0.469 e. The highest BCUT2D eigenvalue weighted by Crippen LogP contribution is 2.61. The Morgan fingerprint density at radius 2 is 1.89 bits per heavy atom. The van der Waals surface area contributed by atoms with E-state index in [0.717, 1.165) is 50.0 Å². The van der Waals surface area contributed by atoms with E-state index >= 15 is 0 Å². The number of halogens is 1. The molecule has 0 saturated carbocycles. The number of aromatic amines is 1. The molecule has 6 aromatic rings. The van der Waals surface area contributed by atoms with Gasteiger partial charge in [-0.1, -0.05) is 56.3 Å². The second-order valence-corrected chi connectivity index (χ2v) is 15.4. The number of nitrogens with one attached hydrogen (secondary N) is 4. The average molecular weight is 745 g/mol. The van der Waals surface area contributed by atoms with Crippen molar-refractivity contribution in [2.24, 2.45) is 11.8 Å². The molecule has 8 heterocycles. The van der Waals surface area contributed by atoms with Gasteiger partial charge in [0.05, 0.1) is 18.3 Å². The van der Waals surface area contributed by atoms with Gasteiger partial charge in [0.1, 0.15) is 17.2 Å². The van der Waals surface area contributed by atoms with Crippen molar-refractivity contribution in [3.05, 3.63) is 95.3 Å². The zero-order chi connectivity index (χ0) is 35.7.